The normalized spacial score (nSPS) is 12.8. The van der Waals surface area contributed by atoms with Crippen LogP contribution in [-0.2, 0) is 12.6 Å². The monoisotopic (exact) mass is 460 g/mol. The summed E-state index contributed by atoms with van der Waals surface area (Å²) in [6.45, 7) is 2.08. The van der Waals surface area contributed by atoms with Crippen LogP contribution in [0.3, 0.4) is 0 Å². The van der Waals surface area contributed by atoms with Crippen LogP contribution >= 0.6 is 11.6 Å². The zero-order valence-corrected chi connectivity index (χ0v) is 17.8. The van der Waals surface area contributed by atoms with Crippen LogP contribution in [0.4, 0.5) is 13.2 Å². The Bertz CT molecular complexity index is 1260. The van der Waals surface area contributed by atoms with Gasteiger partial charge in [-0.15, -0.1) is 0 Å². The van der Waals surface area contributed by atoms with Gasteiger partial charge in [-0.1, -0.05) is 23.7 Å². The minimum absolute atomic E-state index is 0.120. The Labute approximate surface area is 187 Å². The summed E-state index contributed by atoms with van der Waals surface area (Å²) in [6.07, 6.45) is -1.00. The third kappa shape index (κ3) is 4.87. The fraction of sp³-hybridized carbons (Fsp3) is 0.217. The molecule has 0 saturated heterocycles. The van der Waals surface area contributed by atoms with Crippen LogP contribution in [0.15, 0.2) is 54.9 Å². The maximum atomic E-state index is 13.1. The first-order chi connectivity index (χ1) is 15.2. The van der Waals surface area contributed by atoms with Gasteiger partial charge in [-0.2, -0.15) is 18.3 Å². The molecule has 0 aliphatic rings. The maximum Gasteiger partial charge on any atom is 0.417 e. The molecule has 4 aromatic rings. The Balaban J connectivity index is 1.43. The molecule has 2 aromatic carbocycles. The summed E-state index contributed by atoms with van der Waals surface area (Å²) in [5.41, 5.74) is 9.35. The number of hydrogen-bond acceptors (Lipinski definition) is 4. The number of rotatable bonds is 6. The van der Waals surface area contributed by atoms with Gasteiger partial charge in [0.05, 0.1) is 22.3 Å². The molecule has 0 unspecified atom stereocenters. The highest BCUT2D eigenvalue weighted by Crippen LogP contribution is 2.35. The van der Waals surface area contributed by atoms with Crippen molar-refractivity contribution in [3.05, 3.63) is 76.7 Å². The quantitative estimate of drug-likeness (QED) is 0.395. The van der Waals surface area contributed by atoms with Crippen LogP contribution in [0.5, 0.6) is 5.75 Å². The van der Waals surface area contributed by atoms with E-state index in [0.717, 1.165) is 33.8 Å². The van der Waals surface area contributed by atoms with E-state index in [1.807, 2.05) is 31.2 Å². The first-order valence-electron chi connectivity index (χ1n) is 9.85. The number of aryl methyl sites for hydroxylation is 1. The molecular formula is C23H20ClF3N4O. The summed E-state index contributed by atoms with van der Waals surface area (Å²) in [6, 6.07) is 11.0. The number of halogens is 4. The Hall–Kier alpha value is -3.10. The SMILES string of the molecule is Cc1[nH]nc2ccc(-c3cncc(OC[C@@H](N)Cc4ccc(Cl)c(C(F)(F)F)c4)c3)cc12. The molecular weight excluding hydrogens is 441 g/mol. The van der Waals surface area contributed by atoms with E-state index in [1.165, 1.54) is 12.1 Å². The summed E-state index contributed by atoms with van der Waals surface area (Å²) in [5.74, 6) is 0.522. The molecule has 0 spiro atoms. The smallest absolute Gasteiger partial charge is 0.417 e. The minimum Gasteiger partial charge on any atom is -0.490 e. The Morgan fingerprint density at radius 3 is 2.69 bits per heavy atom. The lowest BCUT2D eigenvalue weighted by Crippen LogP contribution is -2.30. The van der Waals surface area contributed by atoms with Crippen molar-refractivity contribution in [3.63, 3.8) is 0 Å². The van der Waals surface area contributed by atoms with Gasteiger partial charge in [0.1, 0.15) is 12.4 Å². The van der Waals surface area contributed by atoms with Crippen molar-refractivity contribution in [2.45, 2.75) is 25.6 Å². The van der Waals surface area contributed by atoms with Gasteiger partial charge in [-0.3, -0.25) is 10.1 Å². The largest absolute Gasteiger partial charge is 0.490 e. The van der Waals surface area contributed by atoms with Crippen molar-refractivity contribution >= 4 is 22.5 Å². The molecule has 5 nitrogen and oxygen atoms in total. The third-order valence-electron chi connectivity index (χ3n) is 5.09. The van der Waals surface area contributed by atoms with Gasteiger partial charge in [0.2, 0.25) is 0 Å². The van der Waals surface area contributed by atoms with E-state index >= 15 is 0 Å². The van der Waals surface area contributed by atoms with Crippen molar-refractivity contribution in [1.29, 1.82) is 0 Å². The topological polar surface area (TPSA) is 76.8 Å². The first-order valence-corrected chi connectivity index (χ1v) is 10.2. The van der Waals surface area contributed by atoms with Crippen LogP contribution in [-0.4, -0.2) is 27.8 Å². The molecule has 1 atom stereocenters. The summed E-state index contributed by atoms with van der Waals surface area (Å²) in [4.78, 5) is 4.23. The summed E-state index contributed by atoms with van der Waals surface area (Å²) < 4.78 is 44.9. The second-order valence-electron chi connectivity index (χ2n) is 7.58. The molecule has 32 heavy (non-hydrogen) atoms. The first kappa shape index (κ1) is 22.1. The van der Waals surface area contributed by atoms with Crippen molar-refractivity contribution in [1.82, 2.24) is 15.2 Å². The van der Waals surface area contributed by atoms with Crippen LogP contribution in [0.2, 0.25) is 5.02 Å². The standard InChI is InChI=1S/C23H20ClF3N4O/c1-13-19-9-15(3-5-22(19)31-30-13)16-8-18(11-29-10-16)32-12-17(28)6-14-2-4-21(24)20(7-14)23(25,26)27/h2-5,7-11,17H,6,12,28H2,1H3,(H,30,31)/t17-/m0/s1. The number of aromatic amines is 1. The highest BCUT2D eigenvalue weighted by molar-refractivity contribution is 6.31. The van der Waals surface area contributed by atoms with Gasteiger partial charge in [0.25, 0.3) is 0 Å². The molecule has 2 heterocycles. The van der Waals surface area contributed by atoms with E-state index < -0.39 is 17.8 Å². The molecule has 0 aliphatic heterocycles. The lowest BCUT2D eigenvalue weighted by Gasteiger charge is -2.15. The lowest BCUT2D eigenvalue weighted by atomic mass is 10.0. The summed E-state index contributed by atoms with van der Waals surface area (Å²) >= 11 is 5.67. The van der Waals surface area contributed by atoms with Gasteiger partial charge >= 0.3 is 6.18 Å². The molecule has 4 rings (SSSR count). The summed E-state index contributed by atoms with van der Waals surface area (Å²) in [5, 5.41) is 7.88. The zero-order valence-electron chi connectivity index (χ0n) is 17.1. The van der Waals surface area contributed by atoms with Crippen LogP contribution in [0, 0.1) is 6.92 Å². The number of alkyl halides is 3. The van der Waals surface area contributed by atoms with Crippen LogP contribution in [0.25, 0.3) is 22.0 Å². The Morgan fingerprint density at radius 2 is 1.91 bits per heavy atom. The number of pyridine rings is 1. The molecule has 0 amide bonds. The van der Waals surface area contributed by atoms with Gasteiger partial charge in [0, 0.05) is 28.9 Å². The van der Waals surface area contributed by atoms with Crippen LogP contribution < -0.4 is 10.5 Å². The second kappa shape index (κ2) is 8.80. The number of nitrogens with one attached hydrogen (secondary N) is 1. The Morgan fingerprint density at radius 1 is 1.09 bits per heavy atom. The van der Waals surface area contributed by atoms with E-state index in [4.69, 9.17) is 22.1 Å². The summed E-state index contributed by atoms with van der Waals surface area (Å²) in [7, 11) is 0. The third-order valence-corrected chi connectivity index (χ3v) is 5.42. The van der Waals surface area contributed by atoms with Gasteiger partial charge < -0.3 is 10.5 Å². The second-order valence-corrected chi connectivity index (χ2v) is 7.98. The molecule has 2 aromatic heterocycles. The van der Waals surface area contributed by atoms with E-state index in [1.54, 1.807) is 12.4 Å². The predicted octanol–water partition coefficient (Wildman–Crippen LogP) is 5.55. The van der Waals surface area contributed by atoms with Gasteiger partial charge in [-0.05, 0) is 54.8 Å². The molecule has 0 bridgehead atoms. The molecule has 3 N–H and O–H groups in total. The number of fused-ring (bicyclic) bond motifs is 1. The molecule has 0 radical (unpaired) electrons. The van der Waals surface area contributed by atoms with E-state index in [0.29, 0.717) is 11.3 Å². The molecule has 9 heteroatoms. The fourth-order valence-corrected chi connectivity index (χ4v) is 3.68. The van der Waals surface area contributed by atoms with Crippen molar-refractivity contribution in [2.75, 3.05) is 6.61 Å². The number of benzene rings is 2. The zero-order chi connectivity index (χ0) is 22.9. The number of H-pyrrole nitrogens is 1. The fourth-order valence-electron chi connectivity index (χ4n) is 3.45. The maximum absolute atomic E-state index is 13.1. The molecule has 0 saturated carbocycles. The van der Waals surface area contributed by atoms with E-state index in [9.17, 15) is 13.2 Å². The Kier molecular flexibility index (Phi) is 6.08. The number of nitrogens with two attached hydrogens (primary N) is 1. The highest BCUT2D eigenvalue weighted by atomic mass is 35.5. The van der Waals surface area contributed by atoms with E-state index in [2.05, 4.69) is 15.2 Å². The van der Waals surface area contributed by atoms with Gasteiger partial charge in [0.15, 0.2) is 0 Å². The number of hydrogen-bond donors (Lipinski definition) is 2. The average molecular weight is 461 g/mol. The number of aromatic nitrogens is 3. The van der Waals surface area contributed by atoms with Gasteiger partial charge in [-0.25, -0.2) is 0 Å². The van der Waals surface area contributed by atoms with Crippen molar-refractivity contribution in [2.24, 2.45) is 5.73 Å². The molecule has 0 aliphatic carbocycles. The van der Waals surface area contributed by atoms with Crippen molar-refractivity contribution in [3.8, 4) is 16.9 Å². The van der Waals surface area contributed by atoms with Crippen LogP contribution in [0.1, 0.15) is 16.8 Å². The highest BCUT2D eigenvalue weighted by Gasteiger charge is 2.33. The molecule has 0 fully saturated rings. The predicted molar refractivity (Wildman–Crippen MR) is 118 cm³/mol. The minimum atomic E-state index is -4.52. The number of nitrogens with zero attached hydrogens (tertiary/aromatic N) is 2. The van der Waals surface area contributed by atoms with Crippen molar-refractivity contribution < 1.29 is 17.9 Å². The molecule has 166 valence electrons. The average Bonchev–Trinajstić information content (AvgIpc) is 3.13. The van der Waals surface area contributed by atoms with E-state index in [-0.39, 0.29) is 18.1 Å². The lowest BCUT2D eigenvalue weighted by molar-refractivity contribution is -0.137. The number of ether oxygens (including phenoxy) is 1.